The van der Waals surface area contributed by atoms with Gasteiger partial charge in [0, 0.05) is 19.0 Å². The first-order valence-corrected chi connectivity index (χ1v) is 10.1. The Labute approximate surface area is 168 Å². The molecule has 148 valence electrons. The number of para-hydroxylation sites is 1. The van der Waals surface area contributed by atoms with Crippen molar-refractivity contribution in [1.82, 2.24) is 14.7 Å². The molecule has 1 heterocycles. The van der Waals surface area contributed by atoms with Gasteiger partial charge in [-0.1, -0.05) is 76.6 Å². The van der Waals surface area contributed by atoms with E-state index in [9.17, 15) is 4.79 Å². The molecule has 0 fully saturated rings. The lowest BCUT2D eigenvalue weighted by atomic mass is 9.87. The van der Waals surface area contributed by atoms with Crippen molar-refractivity contribution >= 4 is 16.8 Å². The smallest absolute Gasteiger partial charge is 0.274 e. The maximum absolute atomic E-state index is 12.9. The molecule has 0 aliphatic heterocycles. The number of amides is 1. The number of hydrogen-bond acceptors (Lipinski definition) is 2. The number of carbonyl (C=O) groups is 1. The molecule has 0 radical (unpaired) electrons. The normalized spacial score (nSPS) is 11.8. The van der Waals surface area contributed by atoms with Gasteiger partial charge in [0.2, 0.25) is 0 Å². The highest BCUT2D eigenvalue weighted by Crippen LogP contribution is 2.24. The van der Waals surface area contributed by atoms with Crippen LogP contribution in [0.3, 0.4) is 0 Å². The summed E-state index contributed by atoms with van der Waals surface area (Å²) in [6.45, 7) is 10.2. The van der Waals surface area contributed by atoms with Crippen molar-refractivity contribution in [2.24, 2.45) is 0 Å². The van der Waals surface area contributed by atoms with E-state index in [0.29, 0.717) is 12.2 Å². The zero-order valence-electron chi connectivity index (χ0n) is 17.7. The molecule has 2 aromatic carbocycles. The van der Waals surface area contributed by atoms with Gasteiger partial charge in [-0.25, -0.2) is 0 Å². The van der Waals surface area contributed by atoms with E-state index >= 15 is 0 Å². The fourth-order valence-corrected chi connectivity index (χ4v) is 3.37. The van der Waals surface area contributed by atoms with Crippen LogP contribution in [0.25, 0.3) is 10.9 Å². The maximum Gasteiger partial charge on any atom is 0.274 e. The lowest BCUT2D eigenvalue weighted by molar-refractivity contribution is 0.0788. The van der Waals surface area contributed by atoms with E-state index in [4.69, 9.17) is 5.10 Å². The van der Waals surface area contributed by atoms with E-state index in [1.54, 1.807) is 4.90 Å². The second kappa shape index (κ2) is 8.17. The summed E-state index contributed by atoms with van der Waals surface area (Å²) < 4.78 is 1.95. The quantitative estimate of drug-likeness (QED) is 0.588. The third kappa shape index (κ3) is 4.27. The standard InChI is InChI=1S/C24H31N3O/c1-6-7-16-26(5)23(28)22-20-10-8-9-11-21(20)27(25-22)17-18-12-14-19(15-13-18)24(2,3)4/h8-15H,6-7,16-17H2,1-5H3. The average molecular weight is 378 g/mol. The van der Waals surface area contributed by atoms with E-state index in [-0.39, 0.29) is 11.3 Å². The van der Waals surface area contributed by atoms with Crippen molar-refractivity contribution in [2.45, 2.75) is 52.5 Å². The molecule has 1 amide bonds. The molecule has 4 heteroatoms. The Morgan fingerprint density at radius 2 is 1.75 bits per heavy atom. The molecule has 0 bridgehead atoms. The molecule has 3 aromatic rings. The van der Waals surface area contributed by atoms with Gasteiger partial charge in [0.25, 0.3) is 5.91 Å². The van der Waals surface area contributed by atoms with Crippen LogP contribution in [0, 0.1) is 0 Å². The van der Waals surface area contributed by atoms with E-state index in [1.807, 2.05) is 36.0 Å². The van der Waals surface area contributed by atoms with Crippen molar-refractivity contribution in [3.63, 3.8) is 0 Å². The van der Waals surface area contributed by atoms with E-state index in [0.717, 1.165) is 30.3 Å². The number of aromatic nitrogens is 2. The molecular formula is C24H31N3O. The van der Waals surface area contributed by atoms with E-state index in [1.165, 1.54) is 11.1 Å². The van der Waals surface area contributed by atoms with Crippen LogP contribution in [0.5, 0.6) is 0 Å². The van der Waals surface area contributed by atoms with Crippen molar-refractivity contribution in [3.8, 4) is 0 Å². The predicted molar refractivity (Wildman–Crippen MR) is 116 cm³/mol. The van der Waals surface area contributed by atoms with Gasteiger partial charge in [-0.3, -0.25) is 9.48 Å². The Kier molecular flexibility index (Phi) is 5.87. The summed E-state index contributed by atoms with van der Waals surface area (Å²) in [6, 6.07) is 16.7. The fourth-order valence-electron chi connectivity index (χ4n) is 3.37. The van der Waals surface area contributed by atoms with Gasteiger partial charge >= 0.3 is 0 Å². The van der Waals surface area contributed by atoms with Crippen molar-refractivity contribution in [1.29, 1.82) is 0 Å². The average Bonchev–Trinajstić information content (AvgIpc) is 3.04. The summed E-state index contributed by atoms with van der Waals surface area (Å²) >= 11 is 0. The number of rotatable bonds is 6. The minimum Gasteiger partial charge on any atom is -0.340 e. The van der Waals surface area contributed by atoms with Crippen LogP contribution < -0.4 is 0 Å². The number of unbranched alkanes of at least 4 members (excludes halogenated alkanes) is 1. The van der Waals surface area contributed by atoms with Gasteiger partial charge in [0.15, 0.2) is 5.69 Å². The Balaban J connectivity index is 1.91. The van der Waals surface area contributed by atoms with Crippen molar-refractivity contribution in [2.75, 3.05) is 13.6 Å². The second-order valence-corrected chi connectivity index (χ2v) is 8.55. The molecule has 28 heavy (non-hydrogen) atoms. The summed E-state index contributed by atoms with van der Waals surface area (Å²) in [6.07, 6.45) is 2.07. The molecule has 0 aliphatic rings. The molecule has 0 unspecified atom stereocenters. The molecular weight excluding hydrogens is 346 g/mol. The Morgan fingerprint density at radius 3 is 2.39 bits per heavy atom. The first-order chi connectivity index (χ1) is 13.3. The third-order valence-corrected chi connectivity index (χ3v) is 5.21. The molecule has 0 saturated heterocycles. The summed E-state index contributed by atoms with van der Waals surface area (Å²) in [5, 5.41) is 5.63. The van der Waals surface area contributed by atoms with Crippen LogP contribution in [-0.4, -0.2) is 34.2 Å². The number of carbonyl (C=O) groups excluding carboxylic acids is 1. The minimum atomic E-state index is -0.00789. The maximum atomic E-state index is 12.9. The summed E-state index contributed by atoms with van der Waals surface area (Å²) in [5.74, 6) is -0.00789. The first-order valence-electron chi connectivity index (χ1n) is 10.1. The van der Waals surface area contributed by atoms with Crippen LogP contribution in [0.15, 0.2) is 48.5 Å². The summed E-state index contributed by atoms with van der Waals surface area (Å²) in [7, 11) is 1.86. The monoisotopic (exact) mass is 377 g/mol. The molecule has 0 N–H and O–H groups in total. The summed E-state index contributed by atoms with van der Waals surface area (Å²) in [4.78, 5) is 14.7. The van der Waals surface area contributed by atoms with Crippen molar-refractivity contribution < 1.29 is 4.79 Å². The topological polar surface area (TPSA) is 38.1 Å². The molecule has 0 saturated carbocycles. The summed E-state index contributed by atoms with van der Waals surface area (Å²) in [5.41, 5.74) is 4.17. The predicted octanol–water partition coefficient (Wildman–Crippen LogP) is 5.25. The van der Waals surface area contributed by atoms with Crippen LogP contribution >= 0.6 is 0 Å². The largest absolute Gasteiger partial charge is 0.340 e. The molecule has 4 nitrogen and oxygen atoms in total. The Morgan fingerprint density at radius 1 is 1.07 bits per heavy atom. The van der Waals surface area contributed by atoms with E-state index < -0.39 is 0 Å². The van der Waals surface area contributed by atoms with Crippen LogP contribution in [-0.2, 0) is 12.0 Å². The van der Waals surface area contributed by atoms with Gasteiger partial charge in [-0.05, 0) is 29.0 Å². The zero-order chi connectivity index (χ0) is 20.3. The van der Waals surface area contributed by atoms with Crippen LogP contribution in [0.4, 0.5) is 0 Å². The van der Waals surface area contributed by atoms with Gasteiger partial charge in [-0.2, -0.15) is 5.10 Å². The van der Waals surface area contributed by atoms with E-state index in [2.05, 4.69) is 52.0 Å². The van der Waals surface area contributed by atoms with Gasteiger partial charge < -0.3 is 4.90 Å². The SMILES string of the molecule is CCCCN(C)C(=O)c1nn(Cc2ccc(C(C)(C)C)cc2)c2ccccc12. The number of fused-ring (bicyclic) bond motifs is 1. The minimum absolute atomic E-state index is 0.00789. The molecule has 0 atom stereocenters. The fraction of sp³-hybridized carbons (Fsp3) is 0.417. The molecule has 3 rings (SSSR count). The van der Waals surface area contributed by atoms with Crippen LogP contribution in [0.1, 0.15) is 62.2 Å². The van der Waals surface area contributed by atoms with Crippen molar-refractivity contribution in [3.05, 3.63) is 65.4 Å². The van der Waals surface area contributed by atoms with Gasteiger partial charge in [-0.15, -0.1) is 0 Å². The highest BCUT2D eigenvalue weighted by atomic mass is 16.2. The third-order valence-electron chi connectivity index (χ3n) is 5.21. The van der Waals surface area contributed by atoms with Crippen LogP contribution in [0.2, 0.25) is 0 Å². The zero-order valence-corrected chi connectivity index (χ0v) is 17.7. The second-order valence-electron chi connectivity index (χ2n) is 8.55. The molecule has 0 aliphatic carbocycles. The number of hydrogen-bond donors (Lipinski definition) is 0. The van der Waals surface area contributed by atoms with Gasteiger partial charge in [0.1, 0.15) is 0 Å². The molecule has 1 aromatic heterocycles. The van der Waals surface area contributed by atoms with Gasteiger partial charge in [0.05, 0.1) is 12.1 Å². The highest BCUT2D eigenvalue weighted by Gasteiger charge is 2.20. The number of nitrogens with zero attached hydrogens (tertiary/aromatic N) is 3. The Hall–Kier alpha value is -2.62. The first kappa shape index (κ1) is 20.1. The lowest BCUT2D eigenvalue weighted by Crippen LogP contribution is -2.28. The lowest BCUT2D eigenvalue weighted by Gasteiger charge is -2.19. The molecule has 0 spiro atoms. The Bertz CT molecular complexity index is 948. The highest BCUT2D eigenvalue weighted by molar-refractivity contribution is 6.04. The number of benzene rings is 2.